The Labute approximate surface area is 119 Å². The van der Waals surface area contributed by atoms with E-state index in [4.69, 9.17) is 5.26 Å². The summed E-state index contributed by atoms with van der Waals surface area (Å²) in [4.78, 5) is 3.13. The molecular weight excluding hydrogens is 317 g/mol. The van der Waals surface area contributed by atoms with Crippen LogP contribution in [0.25, 0.3) is 0 Å². The predicted octanol–water partition coefficient (Wildman–Crippen LogP) is 2.68. The first-order valence-electron chi connectivity index (χ1n) is 5.53. The number of aryl methyl sites for hydroxylation is 1. The van der Waals surface area contributed by atoms with Gasteiger partial charge in [-0.3, -0.25) is 4.98 Å². The lowest BCUT2D eigenvalue weighted by Crippen LogP contribution is -2.35. The van der Waals surface area contributed by atoms with Crippen molar-refractivity contribution in [3.05, 3.63) is 29.6 Å². The van der Waals surface area contributed by atoms with Crippen LogP contribution in [0, 0.1) is 11.5 Å². The summed E-state index contributed by atoms with van der Waals surface area (Å²) in [5, 5.41) is 8.53. The van der Waals surface area contributed by atoms with Crippen molar-refractivity contribution in [2.24, 2.45) is 0 Å². The van der Waals surface area contributed by atoms with Gasteiger partial charge in [-0.1, -0.05) is 6.07 Å². The number of rotatable bonds is 4. The Morgan fingerprint density at radius 1 is 1.38 bits per heavy atom. The summed E-state index contributed by atoms with van der Waals surface area (Å²) in [5.74, 6) is -5.23. The minimum Gasteiger partial charge on any atom is -0.306 e. The zero-order valence-corrected chi connectivity index (χ0v) is 11.5. The van der Waals surface area contributed by atoms with Crippen molar-refractivity contribution in [1.82, 2.24) is 4.98 Å². The van der Waals surface area contributed by atoms with Crippen LogP contribution in [0.15, 0.2) is 18.3 Å². The van der Waals surface area contributed by atoms with Gasteiger partial charge in [-0.2, -0.15) is 22.0 Å². The highest BCUT2D eigenvalue weighted by atomic mass is 32.2. The van der Waals surface area contributed by atoms with Crippen molar-refractivity contribution in [2.45, 2.75) is 18.5 Å². The van der Waals surface area contributed by atoms with Gasteiger partial charge in [-0.05, 0) is 18.1 Å². The van der Waals surface area contributed by atoms with Gasteiger partial charge < -0.3 is 4.55 Å². The molecule has 1 aromatic heterocycles. The molecular formula is C11H11F5N3OS+. The summed E-state index contributed by atoms with van der Waals surface area (Å²) in [7, 11) is -0.278. The van der Waals surface area contributed by atoms with Crippen LogP contribution in [0.5, 0.6) is 0 Å². The van der Waals surface area contributed by atoms with Crippen molar-refractivity contribution in [3.63, 3.8) is 0 Å². The molecule has 4 nitrogen and oxygen atoms in total. The van der Waals surface area contributed by atoms with Crippen molar-refractivity contribution >= 4 is 11.0 Å². The van der Waals surface area contributed by atoms with E-state index in [1.165, 1.54) is 13.1 Å². The van der Waals surface area contributed by atoms with Gasteiger partial charge in [0.05, 0.1) is 12.8 Å². The van der Waals surface area contributed by atoms with Gasteiger partial charge in [-0.25, -0.2) is 0 Å². The molecule has 0 aliphatic rings. The molecule has 1 heterocycles. The summed E-state index contributed by atoms with van der Waals surface area (Å²) < 4.78 is 74.3. The molecule has 116 valence electrons. The Morgan fingerprint density at radius 3 is 2.52 bits per heavy atom. The number of hydrogen-bond acceptors (Lipinski definition) is 2. The second-order valence-electron chi connectivity index (χ2n) is 3.97. The molecule has 0 spiro atoms. The summed E-state index contributed by atoms with van der Waals surface area (Å²) in [5.41, 5.74) is -1.70. The molecule has 0 aliphatic heterocycles. The molecule has 0 radical (unpaired) electrons. The monoisotopic (exact) mass is 328 g/mol. The van der Waals surface area contributed by atoms with Gasteiger partial charge in [0.1, 0.15) is 16.7 Å². The van der Waals surface area contributed by atoms with Gasteiger partial charge in [-0.15, -0.1) is 3.95 Å². The van der Waals surface area contributed by atoms with Gasteiger partial charge >= 0.3 is 18.3 Å². The van der Waals surface area contributed by atoms with Crippen LogP contribution in [-0.4, -0.2) is 32.5 Å². The van der Waals surface area contributed by atoms with Crippen LogP contribution in [0.2, 0.25) is 0 Å². The summed E-state index contributed by atoms with van der Waals surface area (Å²) in [6.45, 7) is 0. The number of alkyl halides is 5. The third-order valence-corrected chi connectivity index (χ3v) is 3.84. The molecule has 0 fully saturated rings. The van der Waals surface area contributed by atoms with Crippen molar-refractivity contribution in [2.75, 3.05) is 12.8 Å². The fourth-order valence-corrected chi connectivity index (χ4v) is 2.21. The topological polar surface area (TPSA) is 59.9 Å². The summed E-state index contributed by atoms with van der Waals surface area (Å²) in [6, 6.07) is 2.32. The van der Waals surface area contributed by atoms with Crippen LogP contribution in [0.3, 0.4) is 0 Å². The van der Waals surface area contributed by atoms with Crippen LogP contribution in [-0.2, 0) is 23.3 Å². The third kappa shape index (κ3) is 3.95. The number of hydrogen-bond donors (Lipinski definition) is 1. The fourth-order valence-electron chi connectivity index (χ4n) is 1.44. The molecule has 0 saturated carbocycles. The van der Waals surface area contributed by atoms with Gasteiger partial charge in [0, 0.05) is 6.20 Å². The number of aromatic nitrogens is 1. The van der Waals surface area contributed by atoms with E-state index in [0.717, 1.165) is 16.2 Å². The van der Waals surface area contributed by atoms with Gasteiger partial charge in [0.2, 0.25) is 0 Å². The van der Waals surface area contributed by atoms with Crippen molar-refractivity contribution in [3.8, 4) is 6.19 Å². The molecule has 10 heteroatoms. The molecule has 0 saturated heterocycles. The first-order valence-corrected chi connectivity index (χ1v) is 6.84. The van der Waals surface area contributed by atoms with E-state index in [1.807, 2.05) is 0 Å². The molecule has 1 atom stereocenters. The summed E-state index contributed by atoms with van der Waals surface area (Å²) >= 11 is 0. The van der Waals surface area contributed by atoms with Crippen LogP contribution in [0.1, 0.15) is 11.3 Å². The molecule has 1 rings (SSSR count). The molecule has 0 aliphatic carbocycles. The number of halogens is 5. The maximum absolute atomic E-state index is 13.4. The third-order valence-electron chi connectivity index (χ3n) is 2.56. The van der Waals surface area contributed by atoms with E-state index in [-0.39, 0.29) is 17.7 Å². The maximum Gasteiger partial charge on any atom is 0.467 e. The van der Waals surface area contributed by atoms with Gasteiger partial charge in [0.25, 0.3) is 0 Å². The Kier molecular flexibility index (Phi) is 5.36. The molecule has 1 unspecified atom stereocenters. The largest absolute Gasteiger partial charge is 0.467 e. The van der Waals surface area contributed by atoms with E-state index in [1.54, 1.807) is 6.19 Å². The van der Waals surface area contributed by atoms with Crippen LogP contribution in [0.4, 0.5) is 22.0 Å². The second-order valence-corrected chi connectivity index (χ2v) is 5.61. The number of nitriles is 1. The average molecular weight is 328 g/mol. The lowest BCUT2D eigenvalue weighted by atomic mass is 10.1. The number of pyridine rings is 1. The Bertz CT molecular complexity index is 594. The lowest BCUT2D eigenvalue weighted by molar-refractivity contribution is -0.378. The zero-order chi connectivity index (χ0) is 16.3. The Balaban J connectivity index is 3.10. The van der Waals surface area contributed by atoms with E-state index in [2.05, 4.69) is 4.98 Å². The van der Waals surface area contributed by atoms with Crippen molar-refractivity contribution in [1.29, 1.82) is 5.26 Å². The first kappa shape index (κ1) is 17.5. The highest BCUT2D eigenvalue weighted by Crippen LogP contribution is 2.44. The van der Waals surface area contributed by atoms with E-state index in [0.29, 0.717) is 0 Å². The smallest absolute Gasteiger partial charge is 0.306 e. The predicted molar refractivity (Wildman–Crippen MR) is 64.5 cm³/mol. The molecule has 0 amide bonds. The second kappa shape index (κ2) is 6.44. The van der Waals surface area contributed by atoms with E-state index in [9.17, 15) is 26.5 Å². The van der Waals surface area contributed by atoms with Crippen LogP contribution < -0.4 is 0 Å². The van der Waals surface area contributed by atoms with E-state index < -0.39 is 28.8 Å². The quantitative estimate of drug-likeness (QED) is 0.400. The normalized spacial score (nSPS) is 14.5. The minimum absolute atomic E-state index is 0.156. The van der Waals surface area contributed by atoms with E-state index >= 15 is 0 Å². The standard InChI is InChI=1S/C11H10F5N3OS/c1-19(7-17)21(20)6-4-8-3-2-5-18-9(8)10(12,13)11(14,15)16/h2-3,5H,4,6H2,1H3/p+1. The highest BCUT2D eigenvalue weighted by molar-refractivity contribution is 7.79. The number of nitrogens with zero attached hydrogens (tertiary/aromatic N) is 3. The zero-order valence-electron chi connectivity index (χ0n) is 10.7. The fraction of sp³-hybridized carbons (Fsp3) is 0.455. The Morgan fingerprint density at radius 2 is 2.00 bits per heavy atom. The first-order chi connectivity index (χ1) is 9.61. The Hall–Kier alpha value is -1.60. The van der Waals surface area contributed by atoms with Crippen LogP contribution >= 0.6 is 0 Å². The molecule has 21 heavy (non-hydrogen) atoms. The molecule has 0 bridgehead atoms. The SMILES string of the molecule is C[N+](C#N)=S(O)CCc1cccnc1C(F)(F)C(F)(F)F. The minimum atomic E-state index is -5.75. The highest BCUT2D eigenvalue weighted by Gasteiger charge is 2.60. The lowest BCUT2D eigenvalue weighted by Gasteiger charge is -2.21. The summed E-state index contributed by atoms with van der Waals surface area (Å²) in [6.07, 6.45) is -3.55. The maximum atomic E-state index is 13.4. The molecule has 1 N–H and O–H groups in total. The average Bonchev–Trinajstić information content (AvgIpc) is 2.42. The van der Waals surface area contributed by atoms with Crippen molar-refractivity contribution < 1.29 is 30.5 Å². The van der Waals surface area contributed by atoms with Gasteiger partial charge in [0.15, 0.2) is 5.26 Å². The molecule has 0 aromatic carbocycles. The molecule has 1 aromatic rings.